The van der Waals surface area contributed by atoms with Gasteiger partial charge in [0.25, 0.3) is 11.8 Å². The van der Waals surface area contributed by atoms with Crippen LogP contribution in [0.4, 0.5) is 5.69 Å². The third-order valence-corrected chi connectivity index (χ3v) is 6.35. The molecule has 40 heavy (non-hydrogen) atoms. The molecule has 0 aliphatic heterocycles. The predicted octanol–water partition coefficient (Wildman–Crippen LogP) is 5.48. The van der Waals surface area contributed by atoms with Crippen LogP contribution < -0.4 is 11.1 Å². The number of anilines is 1. The molecular weight excluding hydrogens is 504 g/mol. The van der Waals surface area contributed by atoms with Gasteiger partial charge >= 0.3 is 5.97 Å². The summed E-state index contributed by atoms with van der Waals surface area (Å²) in [6.07, 6.45) is 0. The molecule has 4 aromatic carbocycles. The quantitative estimate of drug-likeness (QED) is 0.269. The summed E-state index contributed by atoms with van der Waals surface area (Å²) < 4.78 is 5.23. The molecule has 0 fully saturated rings. The molecule has 8 nitrogen and oxygen atoms in total. The van der Waals surface area contributed by atoms with E-state index in [0.717, 1.165) is 27.9 Å². The van der Waals surface area contributed by atoms with Gasteiger partial charge in [-0.1, -0.05) is 71.8 Å². The Morgan fingerprint density at radius 3 is 1.93 bits per heavy atom. The van der Waals surface area contributed by atoms with E-state index >= 15 is 0 Å². The monoisotopic (exact) mass is 530 g/mol. The number of ether oxygens (including phenoxy) is 1. The summed E-state index contributed by atoms with van der Waals surface area (Å²) in [5, 5.41) is 2.54. The fourth-order valence-corrected chi connectivity index (χ4v) is 4.21. The number of benzene rings is 4. The number of nitrogens with one attached hydrogen (secondary N) is 1. The van der Waals surface area contributed by atoms with Crippen molar-refractivity contribution in [3.63, 3.8) is 0 Å². The van der Waals surface area contributed by atoms with Crippen molar-refractivity contribution in [2.75, 3.05) is 11.9 Å². The minimum Gasteiger partial charge on any atom is -0.452 e. The number of fused-ring (bicyclic) bond motifs is 1. The van der Waals surface area contributed by atoms with E-state index in [9.17, 15) is 14.4 Å². The van der Waals surface area contributed by atoms with Crippen molar-refractivity contribution in [3.05, 3.63) is 113 Å². The molecule has 0 spiro atoms. The van der Waals surface area contributed by atoms with Crippen LogP contribution in [0.25, 0.3) is 33.5 Å². The molecule has 1 aromatic heterocycles. The van der Waals surface area contributed by atoms with Crippen LogP contribution in [-0.2, 0) is 9.53 Å². The number of aromatic nitrogens is 2. The van der Waals surface area contributed by atoms with Crippen molar-refractivity contribution in [3.8, 4) is 22.5 Å². The normalized spacial score (nSPS) is 10.8. The van der Waals surface area contributed by atoms with E-state index in [-0.39, 0.29) is 16.8 Å². The molecule has 0 unspecified atom stereocenters. The highest BCUT2D eigenvalue weighted by atomic mass is 16.5. The molecule has 0 radical (unpaired) electrons. The van der Waals surface area contributed by atoms with Crippen molar-refractivity contribution in [1.82, 2.24) is 9.97 Å². The molecule has 0 saturated heterocycles. The van der Waals surface area contributed by atoms with Gasteiger partial charge in [-0.25, -0.2) is 14.8 Å². The Bertz CT molecular complexity index is 1750. The lowest BCUT2D eigenvalue weighted by Crippen LogP contribution is -2.23. The first-order valence-electron chi connectivity index (χ1n) is 12.6. The van der Waals surface area contributed by atoms with Gasteiger partial charge in [-0.3, -0.25) is 9.59 Å². The van der Waals surface area contributed by atoms with Crippen molar-refractivity contribution in [1.29, 1.82) is 0 Å². The zero-order valence-corrected chi connectivity index (χ0v) is 22.0. The van der Waals surface area contributed by atoms with Gasteiger partial charge < -0.3 is 15.8 Å². The summed E-state index contributed by atoms with van der Waals surface area (Å²) in [4.78, 5) is 46.6. The van der Waals surface area contributed by atoms with Gasteiger partial charge in [0.15, 0.2) is 6.61 Å². The summed E-state index contributed by atoms with van der Waals surface area (Å²) >= 11 is 0. The van der Waals surface area contributed by atoms with Crippen molar-refractivity contribution in [2.24, 2.45) is 5.73 Å². The standard InChI is InChI=1S/C32H26N4O4/c1-19-7-11-21(12-8-19)29-30(22-13-9-20(2)10-14-22)36-27-17-23(15-16-26(27)35-29)32(39)40-18-28(37)34-25-6-4-3-5-24(25)31(33)38/h3-17H,18H2,1-2H3,(H2,33,38)(H,34,37). The van der Waals surface area contributed by atoms with Gasteiger partial charge in [-0.05, 0) is 44.2 Å². The third kappa shape index (κ3) is 5.71. The molecule has 198 valence electrons. The first-order valence-corrected chi connectivity index (χ1v) is 12.6. The van der Waals surface area contributed by atoms with Crippen LogP contribution >= 0.6 is 0 Å². The van der Waals surface area contributed by atoms with Crippen LogP contribution in [0.1, 0.15) is 31.8 Å². The van der Waals surface area contributed by atoms with Gasteiger partial charge in [0.1, 0.15) is 0 Å². The van der Waals surface area contributed by atoms with Crippen LogP contribution in [0.3, 0.4) is 0 Å². The largest absolute Gasteiger partial charge is 0.452 e. The van der Waals surface area contributed by atoms with Crippen molar-refractivity contribution < 1.29 is 19.1 Å². The summed E-state index contributed by atoms with van der Waals surface area (Å²) in [5.74, 6) is -1.98. The summed E-state index contributed by atoms with van der Waals surface area (Å²) in [6, 6.07) is 27.3. The maximum absolute atomic E-state index is 12.8. The van der Waals surface area contributed by atoms with Gasteiger partial charge in [-0.15, -0.1) is 0 Å². The first-order chi connectivity index (χ1) is 19.3. The molecule has 0 atom stereocenters. The van der Waals surface area contributed by atoms with E-state index in [0.29, 0.717) is 16.7 Å². The van der Waals surface area contributed by atoms with E-state index in [4.69, 9.17) is 20.4 Å². The second-order valence-electron chi connectivity index (χ2n) is 9.39. The smallest absolute Gasteiger partial charge is 0.338 e. The molecule has 0 aliphatic rings. The van der Waals surface area contributed by atoms with Crippen molar-refractivity contribution >= 4 is 34.5 Å². The molecule has 0 saturated carbocycles. The highest BCUT2D eigenvalue weighted by Crippen LogP contribution is 2.31. The zero-order valence-electron chi connectivity index (χ0n) is 22.0. The van der Waals surface area contributed by atoms with Crippen molar-refractivity contribution in [2.45, 2.75) is 13.8 Å². The van der Waals surface area contributed by atoms with Gasteiger partial charge in [0.2, 0.25) is 0 Å². The zero-order chi connectivity index (χ0) is 28.2. The first kappa shape index (κ1) is 26.2. The Hall–Kier alpha value is -5.37. The number of nitrogens with two attached hydrogens (primary N) is 1. The Balaban J connectivity index is 1.41. The fraction of sp³-hybridized carbons (Fsp3) is 0.0938. The molecule has 3 N–H and O–H groups in total. The number of aryl methyl sites for hydroxylation is 2. The molecule has 0 aliphatic carbocycles. The number of hydrogen-bond donors (Lipinski definition) is 2. The summed E-state index contributed by atoms with van der Waals surface area (Å²) in [7, 11) is 0. The molecule has 5 rings (SSSR count). The maximum Gasteiger partial charge on any atom is 0.338 e. The lowest BCUT2D eigenvalue weighted by Gasteiger charge is -2.12. The number of para-hydroxylation sites is 1. The number of nitrogens with zero attached hydrogens (tertiary/aromatic N) is 2. The number of carbonyl (C=O) groups excluding carboxylic acids is 3. The third-order valence-electron chi connectivity index (χ3n) is 6.35. The lowest BCUT2D eigenvalue weighted by atomic mass is 10.0. The van der Waals surface area contributed by atoms with Gasteiger partial charge in [0.05, 0.1) is 39.2 Å². The molecule has 1 heterocycles. The van der Waals surface area contributed by atoms with E-state index in [1.54, 1.807) is 30.3 Å². The summed E-state index contributed by atoms with van der Waals surface area (Å²) in [6.45, 7) is 3.50. The van der Waals surface area contributed by atoms with Crippen LogP contribution in [0.2, 0.25) is 0 Å². The Kier molecular flexibility index (Phi) is 7.33. The topological polar surface area (TPSA) is 124 Å². The number of rotatable bonds is 7. The highest BCUT2D eigenvalue weighted by molar-refractivity contribution is 6.04. The number of esters is 1. The second-order valence-corrected chi connectivity index (χ2v) is 9.39. The predicted molar refractivity (Wildman–Crippen MR) is 154 cm³/mol. The number of carbonyl (C=O) groups is 3. The van der Waals surface area contributed by atoms with E-state index in [2.05, 4.69) is 5.32 Å². The minimum atomic E-state index is -0.693. The van der Waals surface area contributed by atoms with Crippen LogP contribution in [0.5, 0.6) is 0 Å². The van der Waals surface area contributed by atoms with E-state index in [1.165, 1.54) is 12.1 Å². The molecule has 0 bridgehead atoms. The SMILES string of the molecule is Cc1ccc(-c2nc3ccc(C(=O)OCC(=O)Nc4ccccc4C(N)=O)cc3nc2-c2ccc(C)cc2)cc1. The number of primary amides is 1. The van der Waals surface area contributed by atoms with Crippen LogP contribution in [-0.4, -0.2) is 34.4 Å². The molecule has 5 aromatic rings. The Morgan fingerprint density at radius 1 is 0.750 bits per heavy atom. The average Bonchev–Trinajstić information content (AvgIpc) is 2.96. The van der Waals surface area contributed by atoms with E-state index < -0.39 is 24.4 Å². The summed E-state index contributed by atoms with van der Waals surface area (Å²) in [5.41, 5.74) is 12.6. The molecule has 8 heteroatoms. The van der Waals surface area contributed by atoms with Crippen LogP contribution in [0, 0.1) is 13.8 Å². The lowest BCUT2D eigenvalue weighted by molar-refractivity contribution is -0.119. The molecular formula is C32H26N4O4. The Morgan fingerprint density at radius 2 is 1.32 bits per heavy atom. The van der Waals surface area contributed by atoms with E-state index in [1.807, 2.05) is 62.4 Å². The number of hydrogen-bond acceptors (Lipinski definition) is 6. The average molecular weight is 531 g/mol. The fourth-order valence-electron chi connectivity index (χ4n) is 4.21. The molecule has 2 amide bonds. The second kappa shape index (κ2) is 11.2. The highest BCUT2D eigenvalue weighted by Gasteiger charge is 2.17. The van der Waals surface area contributed by atoms with Crippen LogP contribution in [0.15, 0.2) is 91.0 Å². The maximum atomic E-state index is 12.8. The Labute approximate surface area is 230 Å². The number of amides is 2. The van der Waals surface area contributed by atoms with Gasteiger partial charge in [0, 0.05) is 11.1 Å². The minimum absolute atomic E-state index is 0.157. The van der Waals surface area contributed by atoms with Gasteiger partial charge in [-0.2, -0.15) is 0 Å².